The zero-order valence-electron chi connectivity index (χ0n) is 5.60. The number of rotatable bonds is 2. The van der Waals surface area contributed by atoms with Crippen molar-refractivity contribution in [3.05, 3.63) is 0 Å². The SMILES string of the molecule is OCC[C@@H]1SC[C@H](O)[C@@H]1O. The number of aliphatic hydroxyl groups is 3. The Balaban J connectivity index is 2.33. The molecule has 0 radical (unpaired) electrons. The van der Waals surface area contributed by atoms with Gasteiger partial charge in [-0.2, -0.15) is 11.8 Å². The maximum atomic E-state index is 9.21. The number of thioether (sulfide) groups is 1. The average Bonchev–Trinajstić information content (AvgIpc) is 2.20. The second-order valence-electron chi connectivity index (χ2n) is 2.44. The van der Waals surface area contributed by atoms with Crippen LogP contribution >= 0.6 is 11.8 Å². The van der Waals surface area contributed by atoms with Crippen LogP contribution in [0.4, 0.5) is 0 Å². The van der Waals surface area contributed by atoms with E-state index in [1.165, 1.54) is 11.8 Å². The minimum atomic E-state index is -0.642. The Kier molecular flexibility index (Phi) is 2.97. The Bertz CT molecular complexity index is 107. The van der Waals surface area contributed by atoms with E-state index in [-0.39, 0.29) is 11.9 Å². The molecule has 1 heterocycles. The van der Waals surface area contributed by atoms with Gasteiger partial charge in [-0.05, 0) is 6.42 Å². The van der Waals surface area contributed by atoms with Gasteiger partial charge in [-0.3, -0.25) is 0 Å². The molecule has 1 aliphatic rings. The summed E-state index contributed by atoms with van der Waals surface area (Å²) in [4.78, 5) is 0. The summed E-state index contributed by atoms with van der Waals surface area (Å²) >= 11 is 1.52. The van der Waals surface area contributed by atoms with Crippen LogP contribution in [0.25, 0.3) is 0 Å². The van der Waals surface area contributed by atoms with E-state index in [2.05, 4.69) is 0 Å². The molecule has 1 saturated heterocycles. The Morgan fingerprint density at radius 2 is 2.10 bits per heavy atom. The summed E-state index contributed by atoms with van der Waals surface area (Å²) in [7, 11) is 0. The van der Waals surface area contributed by atoms with E-state index in [0.717, 1.165) is 0 Å². The highest BCUT2D eigenvalue weighted by atomic mass is 32.2. The number of aliphatic hydroxyl groups excluding tert-OH is 3. The van der Waals surface area contributed by atoms with Crippen LogP contribution in [0.2, 0.25) is 0 Å². The molecular weight excluding hydrogens is 152 g/mol. The van der Waals surface area contributed by atoms with E-state index in [0.29, 0.717) is 12.2 Å². The first kappa shape index (κ1) is 8.33. The van der Waals surface area contributed by atoms with Crippen molar-refractivity contribution in [1.82, 2.24) is 0 Å². The third kappa shape index (κ3) is 1.63. The van der Waals surface area contributed by atoms with E-state index in [1.54, 1.807) is 0 Å². The molecule has 0 saturated carbocycles. The minimum absolute atomic E-state index is 0.0278. The maximum absolute atomic E-state index is 9.21. The maximum Gasteiger partial charge on any atom is 0.0926 e. The van der Waals surface area contributed by atoms with Crippen LogP contribution in [0.15, 0.2) is 0 Å². The summed E-state index contributed by atoms with van der Waals surface area (Å²) in [5.41, 5.74) is 0. The first-order valence-electron chi connectivity index (χ1n) is 3.34. The van der Waals surface area contributed by atoms with Crippen LogP contribution < -0.4 is 0 Å². The zero-order valence-corrected chi connectivity index (χ0v) is 6.42. The molecule has 3 atom stereocenters. The molecule has 0 bridgehead atoms. The summed E-state index contributed by atoms with van der Waals surface area (Å²) in [5.74, 6) is 0.589. The van der Waals surface area contributed by atoms with Crippen LogP contribution in [0, 0.1) is 0 Å². The van der Waals surface area contributed by atoms with Gasteiger partial charge in [0.2, 0.25) is 0 Å². The highest BCUT2D eigenvalue weighted by Crippen LogP contribution is 2.29. The zero-order chi connectivity index (χ0) is 7.56. The summed E-state index contributed by atoms with van der Waals surface area (Å²) in [5, 5.41) is 26.8. The van der Waals surface area contributed by atoms with E-state index >= 15 is 0 Å². The Hall–Kier alpha value is 0.230. The van der Waals surface area contributed by atoms with Gasteiger partial charge in [0.1, 0.15) is 0 Å². The van der Waals surface area contributed by atoms with E-state index in [1.807, 2.05) is 0 Å². The molecule has 10 heavy (non-hydrogen) atoms. The summed E-state index contributed by atoms with van der Waals surface area (Å²) < 4.78 is 0. The molecule has 0 unspecified atom stereocenters. The van der Waals surface area contributed by atoms with E-state index < -0.39 is 12.2 Å². The predicted octanol–water partition coefficient (Wildman–Crippen LogP) is -0.794. The molecule has 0 aromatic rings. The first-order valence-corrected chi connectivity index (χ1v) is 4.39. The van der Waals surface area contributed by atoms with Crippen molar-refractivity contribution >= 4 is 11.8 Å². The lowest BCUT2D eigenvalue weighted by molar-refractivity contribution is 0.0382. The van der Waals surface area contributed by atoms with Crippen molar-refractivity contribution in [2.75, 3.05) is 12.4 Å². The summed E-state index contributed by atoms with van der Waals surface area (Å²) in [6, 6.07) is 0. The highest BCUT2D eigenvalue weighted by molar-refractivity contribution is 8.00. The molecular formula is C6H12O3S. The lowest BCUT2D eigenvalue weighted by atomic mass is 10.1. The van der Waals surface area contributed by atoms with Gasteiger partial charge in [0, 0.05) is 17.6 Å². The van der Waals surface area contributed by atoms with Crippen LogP contribution in [0.5, 0.6) is 0 Å². The molecule has 0 aromatic heterocycles. The molecule has 1 rings (SSSR count). The Morgan fingerprint density at radius 3 is 2.50 bits per heavy atom. The monoisotopic (exact) mass is 164 g/mol. The van der Waals surface area contributed by atoms with Crippen LogP contribution in [0.3, 0.4) is 0 Å². The minimum Gasteiger partial charge on any atom is -0.396 e. The predicted molar refractivity (Wildman–Crippen MR) is 40.0 cm³/mol. The van der Waals surface area contributed by atoms with E-state index in [4.69, 9.17) is 10.2 Å². The molecule has 0 aliphatic carbocycles. The van der Waals surface area contributed by atoms with Crippen LogP contribution in [-0.4, -0.2) is 45.1 Å². The fourth-order valence-corrected chi connectivity index (χ4v) is 2.34. The van der Waals surface area contributed by atoms with Crippen LogP contribution in [-0.2, 0) is 0 Å². The molecule has 1 fully saturated rings. The van der Waals surface area contributed by atoms with Crippen molar-refractivity contribution in [3.8, 4) is 0 Å². The summed E-state index contributed by atoms with van der Waals surface area (Å²) in [6.07, 6.45) is -0.665. The van der Waals surface area contributed by atoms with Gasteiger partial charge in [0.25, 0.3) is 0 Å². The van der Waals surface area contributed by atoms with Crippen molar-refractivity contribution in [3.63, 3.8) is 0 Å². The third-order valence-electron chi connectivity index (χ3n) is 1.67. The van der Waals surface area contributed by atoms with Gasteiger partial charge in [-0.25, -0.2) is 0 Å². The largest absolute Gasteiger partial charge is 0.396 e. The molecule has 0 aromatic carbocycles. The summed E-state index contributed by atoms with van der Waals surface area (Å²) in [6.45, 7) is 0.0848. The second kappa shape index (κ2) is 3.57. The standard InChI is InChI=1S/C6H12O3S/c7-2-1-5-6(9)4(8)3-10-5/h4-9H,1-3H2/t4-,5-,6-/m0/s1. The Morgan fingerprint density at radius 1 is 1.40 bits per heavy atom. The van der Waals surface area contributed by atoms with Gasteiger partial charge < -0.3 is 15.3 Å². The topological polar surface area (TPSA) is 60.7 Å². The molecule has 4 heteroatoms. The fraction of sp³-hybridized carbons (Fsp3) is 1.00. The third-order valence-corrected chi connectivity index (χ3v) is 3.15. The lowest BCUT2D eigenvalue weighted by Gasteiger charge is -2.12. The smallest absolute Gasteiger partial charge is 0.0926 e. The van der Waals surface area contributed by atoms with Crippen molar-refractivity contribution in [2.24, 2.45) is 0 Å². The molecule has 3 N–H and O–H groups in total. The van der Waals surface area contributed by atoms with Crippen molar-refractivity contribution < 1.29 is 15.3 Å². The highest BCUT2D eigenvalue weighted by Gasteiger charge is 2.33. The van der Waals surface area contributed by atoms with Gasteiger partial charge in [0.15, 0.2) is 0 Å². The molecule has 60 valence electrons. The quantitative estimate of drug-likeness (QED) is 0.500. The van der Waals surface area contributed by atoms with Gasteiger partial charge in [-0.15, -0.1) is 0 Å². The van der Waals surface area contributed by atoms with Gasteiger partial charge in [0.05, 0.1) is 12.2 Å². The van der Waals surface area contributed by atoms with Crippen LogP contribution in [0.1, 0.15) is 6.42 Å². The van der Waals surface area contributed by atoms with Crippen molar-refractivity contribution in [2.45, 2.75) is 23.9 Å². The van der Waals surface area contributed by atoms with Crippen molar-refractivity contribution in [1.29, 1.82) is 0 Å². The van der Waals surface area contributed by atoms with Gasteiger partial charge >= 0.3 is 0 Å². The molecule has 0 spiro atoms. The number of hydrogen-bond acceptors (Lipinski definition) is 4. The number of hydrogen-bond donors (Lipinski definition) is 3. The first-order chi connectivity index (χ1) is 4.75. The average molecular weight is 164 g/mol. The normalized spacial score (nSPS) is 40.5. The Labute approximate surface area is 64.1 Å². The molecule has 3 nitrogen and oxygen atoms in total. The van der Waals surface area contributed by atoms with Gasteiger partial charge in [-0.1, -0.05) is 0 Å². The molecule has 1 aliphatic heterocycles. The lowest BCUT2D eigenvalue weighted by Crippen LogP contribution is -2.29. The fourth-order valence-electron chi connectivity index (χ4n) is 1.05. The molecule has 0 amide bonds. The van der Waals surface area contributed by atoms with E-state index in [9.17, 15) is 5.11 Å². The second-order valence-corrected chi connectivity index (χ2v) is 3.71.